The van der Waals surface area contributed by atoms with Crippen LogP contribution < -0.4 is 15.4 Å². The van der Waals surface area contributed by atoms with Crippen LogP contribution in [0.1, 0.15) is 32.3 Å². The minimum absolute atomic E-state index is 0.0561. The number of amides is 1. The summed E-state index contributed by atoms with van der Waals surface area (Å²) in [7, 11) is 0. The number of nitrogens with one attached hydrogen (secondary N) is 2. The topological polar surface area (TPSA) is 73.8 Å². The molecule has 0 aromatic heterocycles. The van der Waals surface area contributed by atoms with Gasteiger partial charge in [-0.15, -0.1) is 0 Å². The van der Waals surface area contributed by atoms with E-state index in [1.165, 1.54) is 37.3 Å². The Hall–Kier alpha value is -2.55. The highest BCUT2D eigenvalue weighted by Crippen LogP contribution is 2.26. The average molecular weight is 448 g/mol. The number of ether oxygens (including phenoxy) is 1. The molecule has 8 heteroatoms. The maximum Gasteiger partial charge on any atom is 0.221 e. The third kappa shape index (κ3) is 7.55. The van der Waals surface area contributed by atoms with Gasteiger partial charge >= 0.3 is 0 Å². The first-order chi connectivity index (χ1) is 15.2. The molecule has 1 aliphatic rings. The van der Waals surface area contributed by atoms with Gasteiger partial charge in [0.1, 0.15) is 29.6 Å². The summed E-state index contributed by atoms with van der Waals surface area (Å²) >= 11 is 0. The lowest BCUT2D eigenvalue weighted by Crippen LogP contribution is -2.49. The highest BCUT2D eigenvalue weighted by Gasteiger charge is 2.26. The van der Waals surface area contributed by atoms with Gasteiger partial charge in [0.15, 0.2) is 0 Å². The van der Waals surface area contributed by atoms with Crippen LogP contribution >= 0.6 is 0 Å². The number of benzene rings is 2. The second-order valence-electron chi connectivity index (χ2n) is 8.67. The maximum absolute atomic E-state index is 13.6. The van der Waals surface area contributed by atoms with E-state index in [2.05, 4.69) is 15.5 Å². The molecule has 1 saturated heterocycles. The van der Waals surface area contributed by atoms with E-state index in [0.29, 0.717) is 12.2 Å². The molecule has 0 bridgehead atoms. The Bertz CT molecular complexity index is 898. The van der Waals surface area contributed by atoms with Crippen molar-refractivity contribution in [3.8, 4) is 5.75 Å². The van der Waals surface area contributed by atoms with Gasteiger partial charge in [0.05, 0.1) is 5.69 Å². The van der Waals surface area contributed by atoms with Gasteiger partial charge in [-0.05, 0) is 62.7 Å². The van der Waals surface area contributed by atoms with Gasteiger partial charge < -0.3 is 20.5 Å². The lowest BCUT2D eigenvalue weighted by molar-refractivity contribution is -0.114. The first-order valence-corrected chi connectivity index (χ1v) is 10.8. The van der Waals surface area contributed by atoms with Gasteiger partial charge in [-0.2, -0.15) is 0 Å². The van der Waals surface area contributed by atoms with Gasteiger partial charge in [-0.3, -0.25) is 9.69 Å². The van der Waals surface area contributed by atoms with Gasteiger partial charge in [-0.25, -0.2) is 8.78 Å². The molecule has 1 aliphatic heterocycles. The van der Waals surface area contributed by atoms with Crippen molar-refractivity contribution < 1.29 is 23.4 Å². The van der Waals surface area contributed by atoms with Crippen LogP contribution in [-0.4, -0.2) is 53.8 Å². The highest BCUT2D eigenvalue weighted by atomic mass is 19.1. The molecular weight excluding hydrogens is 416 g/mol. The van der Waals surface area contributed by atoms with Gasteiger partial charge in [0.25, 0.3) is 0 Å². The van der Waals surface area contributed by atoms with Crippen molar-refractivity contribution in [3.63, 3.8) is 0 Å². The van der Waals surface area contributed by atoms with Crippen molar-refractivity contribution in [2.24, 2.45) is 0 Å². The van der Waals surface area contributed by atoms with Crippen LogP contribution in [0.2, 0.25) is 0 Å². The second-order valence-corrected chi connectivity index (χ2v) is 8.67. The molecule has 0 aliphatic carbocycles. The Morgan fingerprint density at radius 3 is 2.47 bits per heavy atom. The van der Waals surface area contributed by atoms with Crippen LogP contribution in [0.15, 0.2) is 42.5 Å². The average Bonchev–Trinajstić information content (AvgIpc) is 2.75. The van der Waals surface area contributed by atoms with Crippen molar-refractivity contribution in [2.75, 3.05) is 31.6 Å². The lowest BCUT2D eigenvalue weighted by Gasteiger charge is -2.34. The number of rotatable bonds is 9. The van der Waals surface area contributed by atoms with E-state index in [-0.39, 0.29) is 30.1 Å². The van der Waals surface area contributed by atoms with E-state index in [1.54, 1.807) is 6.92 Å². The van der Waals surface area contributed by atoms with Crippen molar-refractivity contribution in [1.29, 1.82) is 0 Å². The Balaban J connectivity index is 1.43. The zero-order chi connectivity index (χ0) is 23.1. The number of carbonyl (C=O) groups is 1. The Kier molecular flexibility index (Phi) is 8.17. The van der Waals surface area contributed by atoms with E-state index in [9.17, 15) is 18.7 Å². The maximum atomic E-state index is 13.6. The summed E-state index contributed by atoms with van der Waals surface area (Å²) in [5, 5.41) is 16.7. The van der Waals surface area contributed by atoms with Crippen LogP contribution in [0.3, 0.4) is 0 Å². The predicted octanol–water partition coefficient (Wildman–Crippen LogP) is 3.31. The zero-order valence-corrected chi connectivity index (χ0v) is 18.5. The summed E-state index contributed by atoms with van der Waals surface area (Å²) in [6, 6.07) is 10.7. The first-order valence-electron chi connectivity index (χ1n) is 10.8. The van der Waals surface area contributed by atoms with E-state index < -0.39 is 11.4 Å². The number of aliphatic hydroxyl groups is 1. The Labute approximate surface area is 187 Å². The SMILES string of the molecule is CC(=O)Nc1ccc(F)cc1OCC(C)(O)CNC1CCN(Cc2ccc(F)cc2)CC1. The fourth-order valence-electron chi connectivity index (χ4n) is 3.70. The molecule has 2 aromatic rings. The molecule has 1 amide bonds. The number of piperidine rings is 1. The third-order valence-electron chi connectivity index (χ3n) is 5.47. The molecule has 3 N–H and O–H groups in total. The van der Waals surface area contributed by atoms with Gasteiger partial charge in [0, 0.05) is 32.1 Å². The van der Waals surface area contributed by atoms with Crippen LogP contribution in [0.4, 0.5) is 14.5 Å². The van der Waals surface area contributed by atoms with Gasteiger partial charge in [0.2, 0.25) is 5.91 Å². The number of anilines is 1. The van der Waals surface area contributed by atoms with Crippen LogP contribution in [-0.2, 0) is 11.3 Å². The quantitative estimate of drug-likeness (QED) is 0.550. The van der Waals surface area contributed by atoms with E-state index >= 15 is 0 Å². The molecule has 1 fully saturated rings. The van der Waals surface area contributed by atoms with Crippen molar-refractivity contribution >= 4 is 11.6 Å². The summed E-state index contributed by atoms with van der Waals surface area (Å²) in [6.45, 7) is 5.90. The molecule has 1 heterocycles. The number of hydrogen-bond donors (Lipinski definition) is 3. The summed E-state index contributed by atoms with van der Waals surface area (Å²) in [5.41, 5.74) is 0.274. The molecule has 174 valence electrons. The van der Waals surface area contributed by atoms with E-state index in [4.69, 9.17) is 4.74 Å². The molecule has 2 aromatic carbocycles. The summed E-state index contributed by atoms with van der Waals surface area (Å²) < 4.78 is 32.3. The predicted molar refractivity (Wildman–Crippen MR) is 120 cm³/mol. The zero-order valence-electron chi connectivity index (χ0n) is 18.5. The largest absolute Gasteiger partial charge is 0.488 e. The van der Waals surface area contributed by atoms with Crippen molar-refractivity contribution in [2.45, 2.75) is 44.9 Å². The molecule has 32 heavy (non-hydrogen) atoms. The normalized spacial score (nSPS) is 17.0. The summed E-state index contributed by atoms with van der Waals surface area (Å²) in [6.07, 6.45) is 1.88. The molecule has 0 radical (unpaired) electrons. The summed E-state index contributed by atoms with van der Waals surface area (Å²) in [4.78, 5) is 13.7. The first kappa shape index (κ1) is 24.1. The van der Waals surface area contributed by atoms with Crippen LogP contribution in [0.25, 0.3) is 0 Å². The number of nitrogens with zero attached hydrogens (tertiary/aromatic N) is 1. The molecule has 0 saturated carbocycles. The molecule has 1 unspecified atom stereocenters. The lowest BCUT2D eigenvalue weighted by atomic mass is 10.0. The van der Waals surface area contributed by atoms with Crippen LogP contribution in [0, 0.1) is 11.6 Å². The Morgan fingerprint density at radius 1 is 1.16 bits per heavy atom. The fourth-order valence-corrected chi connectivity index (χ4v) is 3.70. The molecule has 0 spiro atoms. The van der Waals surface area contributed by atoms with Crippen molar-refractivity contribution in [3.05, 3.63) is 59.7 Å². The van der Waals surface area contributed by atoms with Crippen LogP contribution in [0.5, 0.6) is 5.75 Å². The number of carbonyl (C=O) groups excluding carboxylic acids is 1. The minimum Gasteiger partial charge on any atom is -0.488 e. The summed E-state index contributed by atoms with van der Waals surface area (Å²) in [5.74, 6) is -0.828. The number of halogens is 2. The standard InChI is InChI=1S/C24H31F2N3O3/c1-17(30)28-22-8-7-20(26)13-23(22)32-16-24(2,31)15-27-21-9-11-29(12-10-21)14-18-3-5-19(25)6-4-18/h3-8,13,21,27,31H,9-12,14-16H2,1-2H3,(H,28,30). The number of likely N-dealkylation sites (tertiary alicyclic amines) is 1. The molecule has 3 rings (SSSR count). The second kappa shape index (κ2) is 10.8. The van der Waals surface area contributed by atoms with E-state index in [1.807, 2.05) is 12.1 Å². The monoisotopic (exact) mass is 447 g/mol. The molecular formula is C24H31F2N3O3. The fraction of sp³-hybridized carbons (Fsp3) is 0.458. The van der Waals surface area contributed by atoms with Gasteiger partial charge in [-0.1, -0.05) is 12.1 Å². The Morgan fingerprint density at radius 2 is 1.81 bits per heavy atom. The van der Waals surface area contributed by atoms with E-state index in [0.717, 1.165) is 38.0 Å². The molecule has 1 atom stereocenters. The minimum atomic E-state index is -1.18. The number of hydrogen-bond acceptors (Lipinski definition) is 5. The highest BCUT2D eigenvalue weighted by molar-refractivity contribution is 5.90. The third-order valence-corrected chi connectivity index (χ3v) is 5.47. The smallest absolute Gasteiger partial charge is 0.221 e. The molecule has 6 nitrogen and oxygen atoms in total. The van der Waals surface area contributed by atoms with Crippen molar-refractivity contribution in [1.82, 2.24) is 10.2 Å².